The molecule has 4 nitrogen and oxygen atoms in total. The topological polar surface area (TPSA) is 66.4 Å². The molecule has 0 spiro atoms. The van der Waals surface area contributed by atoms with Crippen molar-refractivity contribution in [1.82, 2.24) is 5.32 Å². The fourth-order valence-corrected chi connectivity index (χ4v) is 1.91. The van der Waals surface area contributed by atoms with E-state index in [1.807, 2.05) is 0 Å². The highest BCUT2D eigenvalue weighted by Crippen LogP contribution is 2.02. The van der Waals surface area contributed by atoms with Gasteiger partial charge in [0.15, 0.2) is 0 Å². The van der Waals surface area contributed by atoms with E-state index in [1.165, 1.54) is 19.3 Å². The molecule has 0 aromatic carbocycles. The van der Waals surface area contributed by atoms with Gasteiger partial charge in [-0.25, -0.2) is 0 Å². The van der Waals surface area contributed by atoms with Crippen molar-refractivity contribution in [2.75, 3.05) is 12.3 Å². The molecule has 0 fully saturated rings. The van der Waals surface area contributed by atoms with Crippen molar-refractivity contribution in [2.24, 2.45) is 0 Å². The molecule has 0 aromatic heterocycles. The Balaban J connectivity index is 3.35. The van der Waals surface area contributed by atoms with E-state index in [4.69, 9.17) is 4.55 Å². The molecular weight excluding hydrogens is 214 g/mol. The van der Waals surface area contributed by atoms with Crippen LogP contribution in [-0.2, 0) is 10.1 Å². The van der Waals surface area contributed by atoms with Gasteiger partial charge < -0.3 is 5.32 Å². The summed E-state index contributed by atoms with van der Waals surface area (Å²) in [7, 11) is -3.78. The summed E-state index contributed by atoms with van der Waals surface area (Å²) in [5.41, 5.74) is 0. The van der Waals surface area contributed by atoms with Crippen molar-refractivity contribution < 1.29 is 13.0 Å². The Bertz CT molecular complexity index is 239. The van der Waals surface area contributed by atoms with Gasteiger partial charge in [0.1, 0.15) is 0 Å². The van der Waals surface area contributed by atoms with Gasteiger partial charge in [0.05, 0.1) is 5.75 Å². The predicted octanol–water partition coefficient (Wildman–Crippen LogP) is 1.82. The predicted molar refractivity (Wildman–Crippen MR) is 62.6 cm³/mol. The van der Waals surface area contributed by atoms with Crippen LogP contribution in [0.4, 0.5) is 0 Å². The molecule has 0 rings (SSSR count). The van der Waals surface area contributed by atoms with E-state index in [1.54, 1.807) is 0 Å². The Morgan fingerprint density at radius 3 is 2.47 bits per heavy atom. The lowest BCUT2D eigenvalue weighted by Gasteiger charge is -2.12. The van der Waals surface area contributed by atoms with E-state index in [0.29, 0.717) is 19.0 Å². The first-order valence-corrected chi connectivity index (χ1v) is 7.25. The molecule has 1 atom stereocenters. The van der Waals surface area contributed by atoms with E-state index >= 15 is 0 Å². The maximum atomic E-state index is 10.4. The van der Waals surface area contributed by atoms with Crippen molar-refractivity contribution >= 4 is 10.1 Å². The van der Waals surface area contributed by atoms with Crippen LogP contribution in [0.15, 0.2) is 0 Å². The van der Waals surface area contributed by atoms with Crippen LogP contribution in [0.1, 0.15) is 46.0 Å². The van der Waals surface area contributed by atoms with Gasteiger partial charge in [0.2, 0.25) is 0 Å². The molecule has 0 aliphatic rings. The molecule has 0 amide bonds. The van der Waals surface area contributed by atoms with Crippen LogP contribution < -0.4 is 5.32 Å². The first kappa shape index (κ1) is 14.9. The maximum absolute atomic E-state index is 10.4. The second-order valence-electron chi connectivity index (χ2n) is 3.99. The Labute approximate surface area is 93.2 Å². The zero-order chi connectivity index (χ0) is 11.7. The normalized spacial score (nSPS) is 14.1. The highest BCUT2D eigenvalue weighted by atomic mass is 32.2. The Morgan fingerprint density at radius 2 is 1.93 bits per heavy atom. The molecule has 0 aromatic rings. The molecule has 0 heterocycles. The van der Waals surface area contributed by atoms with Gasteiger partial charge in [-0.05, 0) is 26.3 Å². The molecule has 0 unspecified atom stereocenters. The molecule has 0 radical (unpaired) electrons. The number of unbranched alkanes of at least 4 members (excludes halogenated alkanes) is 2. The molecule has 5 heteroatoms. The lowest BCUT2D eigenvalue weighted by Crippen LogP contribution is -2.28. The van der Waals surface area contributed by atoms with E-state index in [9.17, 15) is 8.42 Å². The highest BCUT2D eigenvalue weighted by Gasteiger charge is 2.04. The SMILES string of the molecule is CCCCC[C@H](C)NCCCS(=O)(=O)O. The molecule has 0 bridgehead atoms. The number of nitrogens with one attached hydrogen (secondary N) is 1. The Morgan fingerprint density at radius 1 is 1.27 bits per heavy atom. The van der Waals surface area contributed by atoms with Crippen LogP contribution in [0.5, 0.6) is 0 Å². The number of hydrogen-bond donors (Lipinski definition) is 2. The highest BCUT2D eigenvalue weighted by molar-refractivity contribution is 7.85. The molecule has 2 N–H and O–H groups in total. The Hall–Kier alpha value is -0.130. The summed E-state index contributed by atoms with van der Waals surface area (Å²) >= 11 is 0. The minimum absolute atomic E-state index is 0.151. The van der Waals surface area contributed by atoms with Gasteiger partial charge in [-0.2, -0.15) is 8.42 Å². The van der Waals surface area contributed by atoms with Crippen LogP contribution in [0.25, 0.3) is 0 Å². The lowest BCUT2D eigenvalue weighted by atomic mass is 10.1. The molecule has 15 heavy (non-hydrogen) atoms. The molecule has 0 saturated heterocycles. The molecule has 92 valence electrons. The summed E-state index contributed by atoms with van der Waals surface area (Å²) in [5.74, 6) is -0.151. The minimum Gasteiger partial charge on any atom is -0.314 e. The Kier molecular flexibility index (Phi) is 8.00. The third-order valence-corrected chi connectivity index (χ3v) is 3.12. The van der Waals surface area contributed by atoms with E-state index in [-0.39, 0.29) is 5.75 Å². The first-order valence-electron chi connectivity index (χ1n) is 5.64. The standard InChI is InChI=1S/C10H23NO3S/c1-3-4-5-7-10(2)11-8-6-9-15(12,13)14/h10-11H,3-9H2,1-2H3,(H,12,13,14)/t10-/m0/s1. The van der Waals surface area contributed by atoms with Gasteiger partial charge in [0.25, 0.3) is 10.1 Å². The van der Waals surface area contributed by atoms with Gasteiger partial charge in [-0.3, -0.25) is 4.55 Å². The van der Waals surface area contributed by atoms with Gasteiger partial charge in [0, 0.05) is 6.04 Å². The fourth-order valence-electron chi connectivity index (χ4n) is 1.41. The summed E-state index contributed by atoms with van der Waals surface area (Å²) in [5, 5.41) is 3.24. The smallest absolute Gasteiger partial charge is 0.264 e. The first-order chi connectivity index (χ1) is 6.95. The second kappa shape index (κ2) is 8.07. The average molecular weight is 237 g/mol. The molecule has 0 saturated carbocycles. The summed E-state index contributed by atoms with van der Waals surface area (Å²) in [6.45, 7) is 4.92. The lowest BCUT2D eigenvalue weighted by molar-refractivity contribution is 0.468. The van der Waals surface area contributed by atoms with Crippen molar-refractivity contribution in [3.05, 3.63) is 0 Å². The largest absolute Gasteiger partial charge is 0.314 e. The summed E-state index contributed by atoms with van der Waals surface area (Å²) < 4.78 is 29.3. The molecular formula is C10H23NO3S. The quantitative estimate of drug-likeness (QED) is 0.474. The number of rotatable bonds is 9. The van der Waals surface area contributed by atoms with Crippen molar-refractivity contribution in [1.29, 1.82) is 0 Å². The van der Waals surface area contributed by atoms with Gasteiger partial charge in [-0.15, -0.1) is 0 Å². The van der Waals surface area contributed by atoms with Gasteiger partial charge >= 0.3 is 0 Å². The number of hydrogen-bond acceptors (Lipinski definition) is 3. The van der Waals surface area contributed by atoms with Crippen LogP contribution in [0, 0.1) is 0 Å². The zero-order valence-electron chi connectivity index (χ0n) is 9.70. The zero-order valence-corrected chi connectivity index (χ0v) is 10.5. The van der Waals surface area contributed by atoms with E-state index < -0.39 is 10.1 Å². The monoisotopic (exact) mass is 237 g/mol. The molecule has 0 aliphatic carbocycles. The third-order valence-electron chi connectivity index (χ3n) is 2.31. The average Bonchev–Trinajstić information content (AvgIpc) is 2.11. The van der Waals surface area contributed by atoms with Crippen LogP contribution >= 0.6 is 0 Å². The molecule has 0 aliphatic heterocycles. The van der Waals surface area contributed by atoms with Crippen molar-refractivity contribution in [3.8, 4) is 0 Å². The van der Waals surface area contributed by atoms with Crippen LogP contribution in [-0.4, -0.2) is 31.3 Å². The maximum Gasteiger partial charge on any atom is 0.264 e. The van der Waals surface area contributed by atoms with Crippen LogP contribution in [0.3, 0.4) is 0 Å². The van der Waals surface area contributed by atoms with Crippen molar-refractivity contribution in [3.63, 3.8) is 0 Å². The van der Waals surface area contributed by atoms with E-state index in [2.05, 4.69) is 19.2 Å². The minimum atomic E-state index is -3.78. The summed E-state index contributed by atoms with van der Waals surface area (Å²) in [6, 6.07) is 0.429. The summed E-state index contributed by atoms with van der Waals surface area (Å²) in [4.78, 5) is 0. The third kappa shape index (κ3) is 11.8. The van der Waals surface area contributed by atoms with Gasteiger partial charge in [-0.1, -0.05) is 26.2 Å². The van der Waals surface area contributed by atoms with E-state index in [0.717, 1.165) is 6.42 Å². The van der Waals surface area contributed by atoms with Crippen LogP contribution in [0.2, 0.25) is 0 Å². The van der Waals surface area contributed by atoms with Crippen molar-refractivity contribution in [2.45, 2.75) is 52.0 Å². The fraction of sp³-hybridized carbons (Fsp3) is 1.00. The summed E-state index contributed by atoms with van der Waals surface area (Å²) in [6.07, 6.45) is 5.27. The second-order valence-corrected chi connectivity index (χ2v) is 5.56.